The third-order valence-corrected chi connectivity index (χ3v) is 3.61. The lowest BCUT2D eigenvalue weighted by Gasteiger charge is -2.11. The van der Waals surface area contributed by atoms with Crippen molar-refractivity contribution in [1.82, 2.24) is 9.78 Å². The van der Waals surface area contributed by atoms with Crippen molar-refractivity contribution in [3.05, 3.63) is 40.7 Å². The Balaban J connectivity index is 2.53. The number of hydrogen-bond acceptors (Lipinski definition) is 5. The van der Waals surface area contributed by atoms with E-state index in [1.54, 1.807) is 16.8 Å². The molecule has 1 aromatic heterocycles. The summed E-state index contributed by atoms with van der Waals surface area (Å²) >= 11 is 0. The van der Waals surface area contributed by atoms with Crippen molar-refractivity contribution in [2.75, 3.05) is 6.61 Å². The van der Waals surface area contributed by atoms with Crippen molar-refractivity contribution >= 4 is 0 Å². The van der Waals surface area contributed by atoms with Crippen molar-refractivity contribution in [2.24, 2.45) is 0 Å². The molecule has 6 nitrogen and oxygen atoms in total. The SMILES string of the molecule is CCc1c(Oc2cc(C#N)cc(C#N)c2)c(C(C)C)nn1CCO. The first-order valence-electron chi connectivity index (χ1n) is 7.87. The van der Waals surface area contributed by atoms with Crippen LogP contribution in [-0.2, 0) is 13.0 Å². The van der Waals surface area contributed by atoms with E-state index in [4.69, 9.17) is 15.3 Å². The highest BCUT2D eigenvalue weighted by Crippen LogP contribution is 2.34. The number of aromatic nitrogens is 2. The molecule has 2 rings (SSSR count). The summed E-state index contributed by atoms with van der Waals surface area (Å²) in [6.07, 6.45) is 0.693. The van der Waals surface area contributed by atoms with Gasteiger partial charge in [0.05, 0.1) is 42.1 Å². The van der Waals surface area contributed by atoms with Crippen molar-refractivity contribution in [3.8, 4) is 23.6 Å². The number of nitrogens with zero attached hydrogens (tertiary/aromatic N) is 4. The topological polar surface area (TPSA) is 94.9 Å². The third-order valence-electron chi connectivity index (χ3n) is 3.61. The van der Waals surface area contributed by atoms with Crippen molar-refractivity contribution in [3.63, 3.8) is 0 Å². The molecule has 24 heavy (non-hydrogen) atoms. The van der Waals surface area contributed by atoms with Crippen molar-refractivity contribution < 1.29 is 9.84 Å². The molecule has 0 fully saturated rings. The van der Waals surface area contributed by atoms with E-state index in [2.05, 4.69) is 5.10 Å². The Kier molecular flexibility index (Phi) is 5.57. The molecule has 1 aromatic carbocycles. The second-order valence-corrected chi connectivity index (χ2v) is 5.69. The fraction of sp³-hybridized carbons (Fsp3) is 0.389. The summed E-state index contributed by atoms with van der Waals surface area (Å²) in [7, 11) is 0. The molecular weight excluding hydrogens is 304 g/mol. The van der Waals surface area contributed by atoms with Crippen molar-refractivity contribution in [2.45, 2.75) is 39.7 Å². The predicted octanol–water partition coefficient (Wildman–Crippen LogP) is 3.10. The minimum Gasteiger partial charge on any atom is -0.453 e. The highest BCUT2D eigenvalue weighted by molar-refractivity contribution is 5.48. The van der Waals surface area contributed by atoms with Crippen LogP contribution in [-0.4, -0.2) is 21.5 Å². The number of benzene rings is 1. The molecular formula is C18H20N4O2. The molecule has 0 aliphatic rings. The summed E-state index contributed by atoms with van der Waals surface area (Å²) in [6.45, 7) is 6.42. The number of nitriles is 2. The maximum atomic E-state index is 9.23. The highest BCUT2D eigenvalue weighted by atomic mass is 16.5. The van der Waals surface area contributed by atoms with Gasteiger partial charge in [-0.15, -0.1) is 0 Å². The van der Waals surface area contributed by atoms with Crippen LogP contribution in [0.1, 0.15) is 49.2 Å². The maximum absolute atomic E-state index is 9.23. The number of ether oxygens (including phenoxy) is 1. The van der Waals surface area contributed by atoms with Gasteiger partial charge in [-0.3, -0.25) is 4.68 Å². The van der Waals surface area contributed by atoms with E-state index >= 15 is 0 Å². The van der Waals surface area contributed by atoms with Gasteiger partial charge < -0.3 is 9.84 Å². The normalized spacial score (nSPS) is 10.5. The van der Waals surface area contributed by atoms with Crippen LogP contribution in [0.25, 0.3) is 0 Å². The minimum atomic E-state index is -0.00580. The van der Waals surface area contributed by atoms with Crippen LogP contribution in [0.15, 0.2) is 18.2 Å². The van der Waals surface area contributed by atoms with Gasteiger partial charge in [0.25, 0.3) is 0 Å². The molecule has 0 radical (unpaired) electrons. The summed E-state index contributed by atoms with van der Waals surface area (Å²) in [4.78, 5) is 0. The molecule has 1 N–H and O–H groups in total. The molecule has 0 spiro atoms. The van der Waals surface area contributed by atoms with Crippen LogP contribution in [0, 0.1) is 22.7 Å². The summed E-state index contributed by atoms with van der Waals surface area (Å²) in [5, 5.41) is 32.0. The lowest BCUT2D eigenvalue weighted by molar-refractivity contribution is 0.266. The predicted molar refractivity (Wildman–Crippen MR) is 88.7 cm³/mol. The van der Waals surface area contributed by atoms with E-state index in [-0.39, 0.29) is 12.5 Å². The molecule has 0 atom stereocenters. The maximum Gasteiger partial charge on any atom is 0.171 e. The van der Waals surface area contributed by atoms with Gasteiger partial charge in [-0.05, 0) is 24.6 Å². The quantitative estimate of drug-likeness (QED) is 0.881. The second kappa shape index (κ2) is 7.63. The molecule has 0 aliphatic carbocycles. The highest BCUT2D eigenvalue weighted by Gasteiger charge is 2.21. The Labute approximate surface area is 141 Å². The Hall–Kier alpha value is -2.83. The first-order valence-corrected chi connectivity index (χ1v) is 7.87. The molecule has 0 saturated carbocycles. The summed E-state index contributed by atoms with van der Waals surface area (Å²) in [5.41, 5.74) is 2.42. The summed E-state index contributed by atoms with van der Waals surface area (Å²) in [5.74, 6) is 1.21. The molecule has 0 unspecified atom stereocenters. The van der Waals surface area contributed by atoms with Gasteiger partial charge in [0, 0.05) is 5.92 Å². The molecule has 0 amide bonds. The number of aliphatic hydroxyl groups is 1. The Bertz CT molecular complexity index is 777. The largest absolute Gasteiger partial charge is 0.453 e. The smallest absolute Gasteiger partial charge is 0.171 e. The van der Waals surface area contributed by atoms with Crippen molar-refractivity contribution in [1.29, 1.82) is 10.5 Å². The van der Waals surface area contributed by atoms with E-state index in [1.807, 2.05) is 32.9 Å². The zero-order valence-corrected chi connectivity index (χ0v) is 14.1. The van der Waals surface area contributed by atoms with Gasteiger partial charge in [0.2, 0.25) is 0 Å². The van der Waals surface area contributed by atoms with Crippen LogP contribution < -0.4 is 4.74 Å². The molecule has 1 heterocycles. The van der Waals surface area contributed by atoms with Gasteiger partial charge in [-0.1, -0.05) is 20.8 Å². The van der Waals surface area contributed by atoms with Crippen LogP contribution in [0.2, 0.25) is 0 Å². The standard InChI is InChI=1S/C18H20N4O2/c1-4-16-18(17(12(2)3)21-22(16)5-6-23)24-15-8-13(10-19)7-14(9-15)11-20/h7-9,12,23H,4-6H2,1-3H3. The molecule has 0 saturated heterocycles. The Morgan fingerprint density at radius 1 is 1.21 bits per heavy atom. The molecule has 0 bridgehead atoms. The average molecular weight is 324 g/mol. The number of aliphatic hydroxyl groups excluding tert-OH is 1. The van der Waals surface area contributed by atoms with E-state index < -0.39 is 0 Å². The van der Waals surface area contributed by atoms with Gasteiger partial charge in [-0.2, -0.15) is 15.6 Å². The summed E-state index contributed by atoms with van der Waals surface area (Å²) < 4.78 is 7.79. The van der Waals surface area contributed by atoms with Crippen LogP contribution in [0.5, 0.6) is 11.5 Å². The number of rotatable bonds is 6. The van der Waals surface area contributed by atoms with E-state index in [9.17, 15) is 5.11 Å². The fourth-order valence-corrected chi connectivity index (χ4v) is 2.52. The van der Waals surface area contributed by atoms with Crippen LogP contribution in [0.3, 0.4) is 0 Å². The lowest BCUT2D eigenvalue weighted by atomic mass is 10.1. The van der Waals surface area contributed by atoms with Crippen LogP contribution in [0.4, 0.5) is 0 Å². The fourth-order valence-electron chi connectivity index (χ4n) is 2.52. The molecule has 124 valence electrons. The van der Waals surface area contributed by atoms with E-state index in [0.717, 1.165) is 11.4 Å². The van der Waals surface area contributed by atoms with Gasteiger partial charge in [0.1, 0.15) is 11.4 Å². The van der Waals surface area contributed by atoms with E-state index in [1.165, 1.54) is 6.07 Å². The molecule has 6 heteroatoms. The average Bonchev–Trinajstić information content (AvgIpc) is 2.92. The molecule has 2 aromatic rings. The first-order chi connectivity index (χ1) is 11.5. The zero-order valence-electron chi connectivity index (χ0n) is 14.1. The molecule has 0 aliphatic heterocycles. The Morgan fingerprint density at radius 2 is 1.83 bits per heavy atom. The monoisotopic (exact) mass is 324 g/mol. The Morgan fingerprint density at radius 3 is 2.29 bits per heavy atom. The number of hydrogen-bond donors (Lipinski definition) is 1. The van der Waals surface area contributed by atoms with Gasteiger partial charge >= 0.3 is 0 Å². The zero-order chi connectivity index (χ0) is 17.7. The third kappa shape index (κ3) is 3.56. The van der Waals surface area contributed by atoms with Gasteiger partial charge in [0.15, 0.2) is 5.75 Å². The summed E-state index contributed by atoms with van der Waals surface area (Å²) in [6, 6.07) is 8.80. The van der Waals surface area contributed by atoms with Crippen LogP contribution >= 0.6 is 0 Å². The second-order valence-electron chi connectivity index (χ2n) is 5.69. The first kappa shape index (κ1) is 17.5. The van der Waals surface area contributed by atoms with E-state index in [0.29, 0.717) is 35.6 Å². The lowest BCUT2D eigenvalue weighted by Crippen LogP contribution is -2.08. The van der Waals surface area contributed by atoms with Gasteiger partial charge in [-0.25, -0.2) is 0 Å². The minimum absolute atomic E-state index is 0.00580.